The lowest BCUT2D eigenvalue weighted by molar-refractivity contribution is -0.365. The zero-order valence-corrected chi connectivity index (χ0v) is 23.2. The fraction of sp³-hybridized carbons (Fsp3) is 1.00. The van der Waals surface area contributed by atoms with E-state index < -0.39 is 134 Å². The highest BCUT2D eigenvalue weighted by molar-refractivity contribution is 7.85. The van der Waals surface area contributed by atoms with E-state index >= 15 is 0 Å². The summed E-state index contributed by atoms with van der Waals surface area (Å²) in [5, 5.41) is 102. The summed E-state index contributed by atoms with van der Waals surface area (Å²) >= 11 is 0. The van der Waals surface area contributed by atoms with Crippen molar-refractivity contribution in [1.82, 2.24) is 0 Å². The molecule has 19 nitrogen and oxygen atoms in total. The summed E-state index contributed by atoms with van der Waals surface area (Å²) in [5.74, 6) is -5.73. The van der Waals surface area contributed by atoms with E-state index in [9.17, 15) is 64.0 Å². The Hall–Kier alpha value is -0.730. The Morgan fingerprint density at radius 3 is 1.90 bits per heavy atom. The number of hydrogen-bond donors (Lipinski definition) is 11. The van der Waals surface area contributed by atoms with Crippen molar-refractivity contribution in [3.63, 3.8) is 0 Å². The molecule has 0 aliphatic carbocycles. The van der Waals surface area contributed by atoms with Crippen LogP contribution in [0.2, 0.25) is 0 Å². The third-order valence-electron chi connectivity index (χ3n) is 7.38. The molecule has 0 spiro atoms. The normalized spacial score (nSPS) is 47.2. The van der Waals surface area contributed by atoms with Gasteiger partial charge in [0.15, 0.2) is 12.6 Å². The Labute approximate surface area is 240 Å². The largest absolute Gasteiger partial charge is 0.396 e. The maximum atomic E-state index is 11.9. The van der Waals surface area contributed by atoms with Crippen molar-refractivity contribution in [2.75, 3.05) is 38.8 Å². The van der Waals surface area contributed by atoms with E-state index in [0.717, 1.165) is 0 Å². The lowest BCUT2D eigenvalue weighted by Gasteiger charge is -2.46. The molecule has 42 heavy (non-hydrogen) atoms. The van der Waals surface area contributed by atoms with Gasteiger partial charge in [-0.2, -0.15) is 8.42 Å². The molecular weight excluding hydrogens is 600 g/mol. The van der Waals surface area contributed by atoms with Gasteiger partial charge in [-0.1, -0.05) is 0 Å². The van der Waals surface area contributed by atoms with Gasteiger partial charge in [0.1, 0.15) is 60.7 Å². The average molecular weight is 641 g/mol. The highest BCUT2D eigenvalue weighted by Crippen LogP contribution is 2.35. The molecule has 15 atom stereocenters. The van der Waals surface area contributed by atoms with Crippen molar-refractivity contribution >= 4 is 10.1 Å². The SMILES string of the molecule is CC1OC(OCCOC2OC(CO)C(O)C(OC3(CS(=O)(=O)O)OCC(CO)C(O)C(O)C3O)C2O)C(O)C(O)C1O. The van der Waals surface area contributed by atoms with Gasteiger partial charge >= 0.3 is 0 Å². The van der Waals surface area contributed by atoms with Crippen LogP contribution >= 0.6 is 0 Å². The van der Waals surface area contributed by atoms with Gasteiger partial charge in [0.2, 0.25) is 5.79 Å². The smallest absolute Gasteiger partial charge is 0.270 e. The van der Waals surface area contributed by atoms with Crippen molar-refractivity contribution in [2.45, 2.75) is 92.4 Å². The molecule has 3 aliphatic rings. The first-order chi connectivity index (χ1) is 19.6. The molecule has 0 bridgehead atoms. The van der Waals surface area contributed by atoms with Crippen LogP contribution in [0.4, 0.5) is 0 Å². The van der Waals surface area contributed by atoms with E-state index in [2.05, 4.69) is 0 Å². The van der Waals surface area contributed by atoms with Gasteiger partial charge in [-0.25, -0.2) is 0 Å². The van der Waals surface area contributed by atoms with Crippen LogP contribution < -0.4 is 0 Å². The second-order valence-electron chi connectivity index (χ2n) is 10.4. The quantitative estimate of drug-likeness (QED) is 0.0738. The number of hydrogen-bond acceptors (Lipinski definition) is 18. The fourth-order valence-electron chi connectivity index (χ4n) is 4.88. The Morgan fingerprint density at radius 1 is 0.762 bits per heavy atom. The van der Waals surface area contributed by atoms with Crippen molar-refractivity contribution in [1.29, 1.82) is 0 Å². The molecule has 0 amide bonds. The summed E-state index contributed by atoms with van der Waals surface area (Å²) in [7, 11) is -5.08. The van der Waals surface area contributed by atoms with Crippen LogP contribution in [-0.2, 0) is 38.5 Å². The lowest BCUT2D eigenvalue weighted by Crippen LogP contribution is -2.66. The minimum atomic E-state index is -5.08. The molecule has 0 radical (unpaired) electrons. The molecule has 11 N–H and O–H groups in total. The summed E-state index contributed by atoms with van der Waals surface area (Å²) in [5.41, 5.74) is 0. The van der Waals surface area contributed by atoms with Gasteiger partial charge in [0.05, 0.1) is 45.2 Å². The average Bonchev–Trinajstić information content (AvgIpc) is 3.01. The van der Waals surface area contributed by atoms with Gasteiger partial charge in [0, 0.05) is 5.92 Å². The van der Waals surface area contributed by atoms with E-state index in [1.807, 2.05) is 0 Å². The molecule has 248 valence electrons. The fourth-order valence-corrected chi connectivity index (χ4v) is 5.71. The monoisotopic (exact) mass is 640 g/mol. The van der Waals surface area contributed by atoms with Crippen molar-refractivity contribution in [3.05, 3.63) is 0 Å². The Bertz CT molecular complexity index is 956. The Morgan fingerprint density at radius 2 is 1.36 bits per heavy atom. The lowest BCUT2D eigenvalue weighted by atomic mass is 9.94. The van der Waals surface area contributed by atoms with Crippen molar-refractivity contribution in [3.8, 4) is 0 Å². The van der Waals surface area contributed by atoms with Crippen LogP contribution in [0.5, 0.6) is 0 Å². The highest BCUT2D eigenvalue weighted by Gasteiger charge is 2.57. The van der Waals surface area contributed by atoms with E-state index in [4.69, 9.17) is 28.4 Å². The third kappa shape index (κ3) is 7.91. The summed E-state index contributed by atoms with van der Waals surface area (Å²) < 4.78 is 65.6. The van der Waals surface area contributed by atoms with Crippen LogP contribution in [0.25, 0.3) is 0 Å². The van der Waals surface area contributed by atoms with Crippen LogP contribution in [0.1, 0.15) is 6.92 Å². The molecular formula is C22H40O19S. The van der Waals surface area contributed by atoms with Gasteiger partial charge in [-0.05, 0) is 6.92 Å². The predicted molar refractivity (Wildman–Crippen MR) is 131 cm³/mol. The Balaban J connectivity index is 1.76. The van der Waals surface area contributed by atoms with Crippen LogP contribution in [-0.4, -0.2) is 188 Å². The number of rotatable bonds is 11. The predicted octanol–water partition coefficient (Wildman–Crippen LogP) is -7.02. The maximum Gasteiger partial charge on any atom is 0.270 e. The van der Waals surface area contributed by atoms with Gasteiger partial charge in [-0.3, -0.25) is 4.55 Å². The molecule has 0 aromatic heterocycles. The molecule has 15 unspecified atom stereocenters. The molecule has 3 saturated heterocycles. The standard InChI is InChI=1S/C22H40O19S/c1-8-11(25)14(28)16(30)20(39-8)36-2-3-37-21-17(31)18(13(27)10(5-24)40-21)41-22(7-42(33,34)35)19(32)15(29)12(26)9(4-23)6-38-22/h8-21,23-32H,2-7H2,1H3,(H,33,34,35). The Kier molecular flexibility index (Phi) is 12.4. The molecule has 0 aromatic rings. The zero-order chi connectivity index (χ0) is 31.6. The zero-order valence-electron chi connectivity index (χ0n) is 22.4. The second kappa shape index (κ2) is 14.6. The first-order valence-corrected chi connectivity index (χ1v) is 14.6. The molecule has 3 aliphatic heterocycles. The number of ether oxygens (including phenoxy) is 6. The summed E-state index contributed by atoms with van der Waals surface area (Å²) in [6.45, 7) is -1.68. The van der Waals surface area contributed by atoms with Gasteiger partial charge in [-0.15, -0.1) is 0 Å². The van der Waals surface area contributed by atoms with Gasteiger partial charge in [0.25, 0.3) is 10.1 Å². The molecule has 3 heterocycles. The van der Waals surface area contributed by atoms with Crippen LogP contribution in [0, 0.1) is 5.92 Å². The van der Waals surface area contributed by atoms with Crippen molar-refractivity contribution in [2.24, 2.45) is 5.92 Å². The molecule has 3 fully saturated rings. The summed E-state index contributed by atoms with van der Waals surface area (Å²) in [6, 6.07) is 0. The number of aliphatic hydroxyl groups is 10. The first-order valence-electron chi connectivity index (χ1n) is 13.0. The highest BCUT2D eigenvalue weighted by atomic mass is 32.2. The van der Waals surface area contributed by atoms with Gasteiger partial charge < -0.3 is 79.5 Å². The topological polar surface area (TPSA) is 312 Å². The second-order valence-corrected chi connectivity index (χ2v) is 11.9. The first kappa shape index (κ1) is 35.7. The minimum absolute atomic E-state index is 0.344. The minimum Gasteiger partial charge on any atom is -0.396 e. The molecule has 3 rings (SSSR count). The molecule has 0 aromatic carbocycles. The van der Waals surface area contributed by atoms with E-state index in [-0.39, 0.29) is 6.61 Å². The maximum absolute atomic E-state index is 11.9. The van der Waals surface area contributed by atoms with E-state index in [0.29, 0.717) is 0 Å². The van der Waals surface area contributed by atoms with E-state index in [1.165, 1.54) is 6.92 Å². The van der Waals surface area contributed by atoms with E-state index in [1.54, 1.807) is 0 Å². The number of aliphatic hydroxyl groups excluding tert-OH is 10. The van der Waals surface area contributed by atoms with Crippen LogP contribution in [0.3, 0.4) is 0 Å². The molecule has 0 saturated carbocycles. The summed E-state index contributed by atoms with van der Waals surface area (Å²) in [6.07, 6.45) is -22.4. The third-order valence-corrected chi connectivity index (χ3v) is 8.15. The molecule has 20 heteroatoms. The summed E-state index contributed by atoms with van der Waals surface area (Å²) in [4.78, 5) is 0. The van der Waals surface area contributed by atoms with Crippen LogP contribution in [0.15, 0.2) is 0 Å². The van der Waals surface area contributed by atoms with Crippen molar-refractivity contribution < 1.29 is 92.5 Å².